The normalized spacial score (nSPS) is 10.0. The number of benzene rings is 1. The number of anilines is 1. The molecular weight excluding hydrogens is 232 g/mol. The fourth-order valence-electron chi connectivity index (χ4n) is 1.69. The van der Waals surface area contributed by atoms with E-state index >= 15 is 0 Å². The Hall–Kier alpha value is -1.18. The zero-order valence-electron chi connectivity index (χ0n) is 10.6. The molecule has 1 rings (SSSR count). The predicted molar refractivity (Wildman–Crippen MR) is 72.7 cm³/mol. The van der Waals surface area contributed by atoms with E-state index in [1.165, 1.54) is 0 Å². The zero-order chi connectivity index (χ0) is 12.7. The minimum absolute atomic E-state index is 0.744. The van der Waals surface area contributed by atoms with Gasteiger partial charge in [0, 0.05) is 32.2 Å². The van der Waals surface area contributed by atoms with Gasteiger partial charge in [-0.25, -0.2) is 0 Å². The summed E-state index contributed by atoms with van der Waals surface area (Å²) in [5.74, 6) is 0. The molecule has 3 nitrogen and oxygen atoms in total. The Morgan fingerprint density at radius 3 is 2.82 bits per heavy atom. The minimum Gasteiger partial charge on any atom is -0.385 e. The van der Waals surface area contributed by atoms with Crippen LogP contribution in [0.5, 0.6) is 0 Å². The fraction of sp³-hybridized carbons (Fsp3) is 0.462. The van der Waals surface area contributed by atoms with E-state index in [1.54, 1.807) is 18.9 Å². The highest BCUT2D eigenvalue weighted by Crippen LogP contribution is 2.28. The Morgan fingerprint density at radius 1 is 1.47 bits per heavy atom. The lowest BCUT2D eigenvalue weighted by Crippen LogP contribution is -2.20. The second kappa shape index (κ2) is 7.21. The van der Waals surface area contributed by atoms with Gasteiger partial charge in [0.25, 0.3) is 0 Å². The van der Waals surface area contributed by atoms with Gasteiger partial charge in [-0.3, -0.25) is 0 Å². The van der Waals surface area contributed by atoms with Crippen LogP contribution < -0.4 is 4.90 Å². The molecule has 0 aliphatic carbocycles. The maximum atomic E-state index is 9.24. The van der Waals surface area contributed by atoms with Crippen molar-refractivity contribution in [3.63, 3.8) is 0 Å². The number of nitrogens with zero attached hydrogens (tertiary/aromatic N) is 2. The zero-order valence-corrected chi connectivity index (χ0v) is 11.4. The van der Waals surface area contributed by atoms with Gasteiger partial charge in [-0.1, -0.05) is 6.07 Å². The van der Waals surface area contributed by atoms with Crippen LogP contribution >= 0.6 is 11.8 Å². The van der Waals surface area contributed by atoms with Crippen molar-refractivity contribution in [3.05, 3.63) is 23.8 Å². The first-order chi connectivity index (χ1) is 8.24. The van der Waals surface area contributed by atoms with Crippen molar-refractivity contribution in [2.75, 3.05) is 38.5 Å². The standard InChI is InChI=1S/C13H18N2OS/c1-15(8-5-9-16-2)12-6-4-7-13(17-3)11(12)10-14/h4,6-7H,5,8-9H2,1-3H3. The number of hydrogen-bond acceptors (Lipinski definition) is 4. The van der Waals surface area contributed by atoms with Gasteiger partial charge in [0.05, 0.1) is 11.3 Å². The highest BCUT2D eigenvalue weighted by atomic mass is 32.2. The first-order valence-electron chi connectivity index (χ1n) is 5.51. The summed E-state index contributed by atoms with van der Waals surface area (Å²) in [6, 6.07) is 8.26. The van der Waals surface area contributed by atoms with E-state index in [2.05, 4.69) is 11.0 Å². The van der Waals surface area contributed by atoms with E-state index in [4.69, 9.17) is 4.74 Å². The molecule has 0 spiro atoms. The number of ether oxygens (including phenoxy) is 1. The Morgan fingerprint density at radius 2 is 2.24 bits per heavy atom. The summed E-state index contributed by atoms with van der Waals surface area (Å²) in [6.45, 7) is 1.63. The molecule has 0 aliphatic heterocycles. The average molecular weight is 250 g/mol. The maximum Gasteiger partial charge on any atom is 0.102 e. The molecule has 0 amide bonds. The van der Waals surface area contributed by atoms with E-state index in [9.17, 15) is 5.26 Å². The van der Waals surface area contributed by atoms with Crippen molar-refractivity contribution < 1.29 is 4.74 Å². The second-order valence-electron chi connectivity index (χ2n) is 3.73. The largest absolute Gasteiger partial charge is 0.385 e. The van der Waals surface area contributed by atoms with Gasteiger partial charge in [-0.2, -0.15) is 5.26 Å². The summed E-state index contributed by atoms with van der Waals surface area (Å²) in [4.78, 5) is 3.14. The number of thioether (sulfide) groups is 1. The summed E-state index contributed by atoms with van der Waals surface area (Å²) < 4.78 is 5.03. The molecule has 0 N–H and O–H groups in total. The Bertz CT molecular complexity index is 401. The molecular formula is C13H18N2OS. The molecule has 1 aromatic carbocycles. The monoisotopic (exact) mass is 250 g/mol. The molecule has 0 saturated heterocycles. The van der Waals surface area contributed by atoms with Crippen LogP contribution in [0.25, 0.3) is 0 Å². The quantitative estimate of drug-likeness (QED) is 0.574. The first kappa shape index (κ1) is 13.9. The molecule has 0 unspecified atom stereocenters. The molecule has 17 heavy (non-hydrogen) atoms. The lowest BCUT2D eigenvalue weighted by atomic mass is 10.1. The third-order valence-electron chi connectivity index (χ3n) is 2.59. The van der Waals surface area contributed by atoms with Gasteiger partial charge in [0.15, 0.2) is 0 Å². The highest BCUT2D eigenvalue weighted by Gasteiger charge is 2.10. The molecule has 0 aliphatic rings. The molecule has 0 radical (unpaired) electrons. The van der Waals surface area contributed by atoms with E-state index in [1.807, 2.05) is 31.5 Å². The molecule has 0 aromatic heterocycles. The summed E-state index contributed by atoms with van der Waals surface area (Å²) in [6.07, 6.45) is 2.95. The van der Waals surface area contributed by atoms with E-state index in [0.717, 1.165) is 35.7 Å². The van der Waals surface area contributed by atoms with Crippen molar-refractivity contribution in [1.29, 1.82) is 5.26 Å². The van der Waals surface area contributed by atoms with E-state index in [0.29, 0.717) is 0 Å². The SMILES string of the molecule is COCCCN(C)c1cccc(SC)c1C#N. The third kappa shape index (κ3) is 3.65. The minimum atomic E-state index is 0.744. The van der Waals surface area contributed by atoms with Crippen LogP contribution in [0.15, 0.2) is 23.1 Å². The van der Waals surface area contributed by atoms with Crippen molar-refractivity contribution in [1.82, 2.24) is 0 Å². The van der Waals surface area contributed by atoms with Gasteiger partial charge < -0.3 is 9.64 Å². The Kier molecular flexibility index (Phi) is 5.88. The lowest BCUT2D eigenvalue weighted by molar-refractivity contribution is 0.196. The van der Waals surface area contributed by atoms with E-state index in [-0.39, 0.29) is 0 Å². The Balaban J connectivity index is 2.86. The third-order valence-corrected chi connectivity index (χ3v) is 3.37. The second-order valence-corrected chi connectivity index (χ2v) is 4.58. The van der Waals surface area contributed by atoms with Crippen LogP contribution in [0.1, 0.15) is 12.0 Å². The van der Waals surface area contributed by atoms with Crippen LogP contribution in [0.2, 0.25) is 0 Å². The molecule has 0 fully saturated rings. The summed E-state index contributed by atoms with van der Waals surface area (Å²) in [5.41, 5.74) is 1.76. The van der Waals surface area contributed by atoms with Crippen LogP contribution in [-0.4, -0.2) is 33.6 Å². The van der Waals surface area contributed by atoms with Crippen molar-refractivity contribution in [2.45, 2.75) is 11.3 Å². The topological polar surface area (TPSA) is 36.3 Å². The molecule has 0 saturated carbocycles. The fourth-order valence-corrected chi connectivity index (χ4v) is 2.26. The molecule has 0 heterocycles. The first-order valence-corrected chi connectivity index (χ1v) is 6.74. The van der Waals surface area contributed by atoms with Crippen LogP contribution in [0.3, 0.4) is 0 Å². The van der Waals surface area contributed by atoms with Gasteiger partial charge >= 0.3 is 0 Å². The van der Waals surface area contributed by atoms with Gasteiger partial charge in [-0.05, 0) is 24.8 Å². The summed E-state index contributed by atoms with van der Waals surface area (Å²) in [7, 11) is 3.71. The van der Waals surface area contributed by atoms with Gasteiger partial charge in [0.2, 0.25) is 0 Å². The van der Waals surface area contributed by atoms with Gasteiger partial charge in [-0.15, -0.1) is 11.8 Å². The van der Waals surface area contributed by atoms with Crippen molar-refractivity contribution >= 4 is 17.4 Å². The number of nitriles is 1. The maximum absolute atomic E-state index is 9.24. The van der Waals surface area contributed by atoms with Crippen LogP contribution in [-0.2, 0) is 4.74 Å². The molecule has 0 bridgehead atoms. The van der Waals surface area contributed by atoms with E-state index < -0.39 is 0 Å². The molecule has 92 valence electrons. The summed E-state index contributed by atoms with van der Waals surface area (Å²) >= 11 is 1.61. The number of methoxy groups -OCH3 is 1. The van der Waals surface area contributed by atoms with Crippen molar-refractivity contribution in [2.24, 2.45) is 0 Å². The molecule has 4 heteroatoms. The number of rotatable bonds is 6. The van der Waals surface area contributed by atoms with Gasteiger partial charge in [0.1, 0.15) is 6.07 Å². The molecule has 0 atom stereocenters. The number of hydrogen-bond donors (Lipinski definition) is 0. The smallest absolute Gasteiger partial charge is 0.102 e. The van der Waals surface area contributed by atoms with Crippen molar-refractivity contribution in [3.8, 4) is 6.07 Å². The average Bonchev–Trinajstić information content (AvgIpc) is 2.37. The van der Waals surface area contributed by atoms with Crippen LogP contribution in [0.4, 0.5) is 5.69 Å². The predicted octanol–water partition coefficient (Wildman–Crippen LogP) is 2.75. The summed E-state index contributed by atoms with van der Waals surface area (Å²) in [5, 5.41) is 9.24. The lowest BCUT2D eigenvalue weighted by Gasteiger charge is -2.21. The highest BCUT2D eigenvalue weighted by molar-refractivity contribution is 7.98. The Labute approximate surface area is 107 Å². The van der Waals surface area contributed by atoms with Crippen LogP contribution in [0, 0.1) is 11.3 Å². The molecule has 1 aromatic rings.